The molecule has 0 unspecified atom stereocenters. The van der Waals surface area contributed by atoms with Crippen LogP contribution in [0.4, 0.5) is 17.3 Å². The Balaban J connectivity index is 2.30. The quantitative estimate of drug-likeness (QED) is 0.737. The number of hydrogen-bond donors (Lipinski definition) is 3. The van der Waals surface area contributed by atoms with E-state index in [1.54, 1.807) is 19.2 Å². The summed E-state index contributed by atoms with van der Waals surface area (Å²) >= 11 is 0. The zero-order valence-electron chi connectivity index (χ0n) is 10.1. The third kappa shape index (κ3) is 2.42. The molecule has 0 atom stereocenters. The fourth-order valence-corrected chi connectivity index (χ4v) is 1.61. The Kier molecular flexibility index (Phi) is 3.18. The monoisotopic (exact) mass is 245 g/mol. The predicted octanol–water partition coefficient (Wildman–Crippen LogP) is 0.823. The Morgan fingerprint density at radius 1 is 1.11 bits per heavy atom. The van der Waals surface area contributed by atoms with Crippen molar-refractivity contribution >= 4 is 17.3 Å². The van der Waals surface area contributed by atoms with E-state index in [1.807, 2.05) is 12.1 Å². The van der Waals surface area contributed by atoms with E-state index in [2.05, 4.69) is 9.97 Å². The first-order valence-corrected chi connectivity index (χ1v) is 5.40. The summed E-state index contributed by atoms with van der Waals surface area (Å²) in [4.78, 5) is 8.29. The van der Waals surface area contributed by atoms with Crippen LogP contribution in [0, 0.1) is 0 Å². The summed E-state index contributed by atoms with van der Waals surface area (Å²) in [7, 11) is 1.57. The van der Waals surface area contributed by atoms with Crippen LogP contribution < -0.4 is 21.9 Å². The maximum absolute atomic E-state index is 5.80. The second-order valence-corrected chi connectivity index (χ2v) is 3.86. The van der Waals surface area contributed by atoms with Crippen molar-refractivity contribution in [3.05, 3.63) is 35.5 Å². The molecule has 0 amide bonds. The summed E-state index contributed by atoms with van der Waals surface area (Å²) in [6.45, 7) is 0. The van der Waals surface area contributed by atoms with Crippen molar-refractivity contribution in [1.82, 2.24) is 9.97 Å². The van der Waals surface area contributed by atoms with E-state index < -0.39 is 0 Å². The lowest BCUT2D eigenvalue weighted by Crippen LogP contribution is -2.06. The number of nitrogen functional groups attached to an aromatic ring is 3. The van der Waals surface area contributed by atoms with Crippen LogP contribution in [0.15, 0.2) is 24.3 Å². The van der Waals surface area contributed by atoms with Crippen molar-refractivity contribution in [3.63, 3.8) is 0 Å². The molecule has 0 aromatic carbocycles. The third-order valence-corrected chi connectivity index (χ3v) is 2.56. The van der Waals surface area contributed by atoms with E-state index in [0.29, 0.717) is 23.8 Å². The van der Waals surface area contributed by atoms with Crippen LogP contribution in [-0.4, -0.2) is 17.1 Å². The number of pyridine rings is 2. The topological polar surface area (TPSA) is 113 Å². The molecule has 0 saturated carbocycles. The number of nitrogens with two attached hydrogens (primary N) is 3. The Labute approximate surface area is 105 Å². The van der Waals surface area contributed by atoms with Gasteiger partial charge in [0.15, 0.2) is 0 Å². The van der Waals surface area contributed by atoms with E-state index in [1.165, 1.54) is 0 Å². The first-order valence-electron chi connectivity index (χ1n) is 5.40. The molecule has 18 heavy (non-hydrogen) atoms. The first-order chi connectivity index (χ1) is 8.60. The maximum atomic E-state index is 5.80. The average molecular weight is 245 g/mol. The molecule has 0 aliphatic heterocycles. The molecule has 6 heteroatoms. The zero-order chi connectivity index (χ0) is 13.1. The fraction of sp³-hybridized carbons (Fsp3) is 0.167. The second kappa shape index (κ2) is 4.79. The summed E-state index contributed by atoms with van der Waals surface area (Å²) in [5.41, 5.74) is 19.1. The van der Waals surface area contributed by atoms with Gasteiger partial charge in [-0.15, -0.1) is 0 Å². The zero-order valence-corrected chi connectivity index (χ0v) is 10.1. The van der Waals surface area contributed by atoms with E-state index in [-0.39, 0.29) is 5.82 Å². The molecule has 6 N–H and O–H groups in total. The van der Waals surface area contributed by atoms with Crippen LogP contribution >= 0.6 is 0 Å². The molecular weight excluding hydrogens is 230 g/mol. The van der Waals surface area contributed by atoms with Crippen molar-refractivity contribution in [2.24, 2.45) is 0 Å². The highest BCUT2D eigenvalue weighted by atomic mass is 16.5. The molecule has 2 heterocycles. The van der Waals surface area contributed by atoms with E-state index >= 15 is 0 Å². The van der Waals surface area contributed by atoms with Gasteiger partial charge >= 0.3 is 0 Å². The second-order valence-electron chi connectivity index (χ2n) is 3.86. The largest absolute Gasteiger partial charge is 0.481 e. The molecule has 0 fully saturated rings. The van der Waals surface area contributed by atoms with Gasteiger partial charge in [-0.25, -0.2) is 9.97 Å². The molecule has 2 rings (SSSR count). The Morgan fingerprint density at radius 3 is 2.61 bits per heavy atom. The number of nitrogens with zero attached hydrogens (tertiary/aromatic N) is 2. The maximum Gasteiger partial charge on any atom is 0.213 e. The van der Waals surface area contributed by atoms with Crippen LogP contribution in [-0.2, 0) is 6.42 Å². The molecule has 0 saturated heterocycles. The normalized spacial score (nSPS) is 10.3. The standard InChI is InChI=1S/C12H15N5O/c1-18-10-4-2-3-8(16-10)5-7-6-9(13)12(15)17-11(7)14/h2-4,6H,5,13H2,1H3,(H4,14,15,17). The van der Waals surface area contributed by atoms with Gasteiger partial charge in [0.1, 0.15) is 11.6 Å². The molecule has 6 nitrogen and oxygen atoms in total. The molecule has 0 spiro atoms. The van der Waals surface area contributed by atoms with Gasteiger partial charge in [0.05, 0.1) is 12.8 Å². The molecule has 0 aliphatic carbocycles. The number of hydrogen-bond acceptors (Lipinski definition) is 6. The Morgan fingerprint density at radius 2 is 1.89 bits per heavy atom. The SMILES string of the molecule is COc1cccc(Cc2cc(N)c(N)nc2N)n1. The number of anilines is 3. The van der Waals surface area contributed by atoms with Crippen LogP contribution in [0.1, 0.15) is 11.3 Å². The van der Waals surface area contributed by atoms with Gasteiger partial charge in [0.2, 0.25) is 5.88 Å². The minimum atomic E-state index is 0.245. The van der Waals surface area contributed by atoms with E-state index in [0.717, 1.165) is 11.3 Å². The Hall–Kier alpha value is -2.50. The van der Waals surface area contributed by atoms with Gasteiger partial charge < -0.3 is 21.9 Å². The summed E-state index contributed by atoms with van der Waals surface area (Å²) < 4.78 is 5.06. The van der Waals surface area contributed by atoms with Crippen LogP contribution in [0.5, 0.6) is 5.88 Å². The molecule has 2 aromatic heterocycles. The van der Waals surface area contributed by atoms with Crippen molar-refractivity contribution < 1.29 is 4.74 Å². The van der Waals surface area contributed by atoms with Crippen molar-refractivity contribution in [2.45, 2.75) is 6.42 Å². The van der Waals surface area contributed by atoms with Gasteiger partial charge in [-0.2, -0.15) is 0 Å². The molecule has 0 aliphatic rings. The molecule has 0 radical (unpaired) electrons. The van der Waals surface area contributed by atoms with Gasteiger partial charge in [-0.05, 0) is 12.1 Å². The lowest BCUT2D eigenvalue weighted by Gasteiger charge is -2.08. The fourth-order valence-electron chi connectivity index (χ4n) is 1.61. The van der Waals surface area contributed by atoms with Gasteiger partial charge in [-0.3, -0.25) is 0 Å². The number of rotatable bonds is 3. The van der Waals surface area contributed by atoms with Crippen LogP contribution in [0.3, 0.4) is 0 Å². The highest BCUT2D eigenvalue weighted by Crippen LogP contribution is 2.21. The lowest BCUT2D eigenvalue weighted by atomic mass is 10.1. The predicted molar refractivity (Wildman–Crippen MR) is 71.1 cm³/mol. The summed E-state index contributed by atoms with van der Waals surface area (Å²) in [6.07, 6.45) is 0.528. The van der Waals surface area contributed by atoms with Crippen LogP contribution in [0.25, 0.3) is 0 Å². The highest BCUT2D eigenvalue weighted by Gasteiger charge is 2.07. The number of methoxy groups -OCH3 is 1. The van der Waals surface area contributed by atoms with Crippen LogP contribution in [0.2, 0.25) is 0 Å². The number of ether oxygens (including phenoxy) is 1. The van der Waals surface area contributed by atoms with Crippen molar-refractivity contribution in [3.8, 4) is 5.88 Å². The Bertz CT molecular complexity index is 570. The smallest absolute Gasteiger partial charge is 0.213 e. The molecule has 2 aromatic rings. The summed E-state index contributed by atoms with van der Waals surface area (Å²) in [6, 6.07) is 7.25. The van der Waals surface area contributed by atoms with E-state index in [9.17, 15) is 0 Å². The molecule has 94 valence electrons. The summed E-state index contributed by atoms with van der Waals surface area (Å²) in [5, 5.41) is 0. The number of aromatic nitrogens is 2. The van der Waals surface area contributed by atoms with Gasteiger partial charge in [0, 0.05) is 23.7 Å². The average Bonchev–Trinajstić information content (AvgIpc) is 2.36. The first kappa shape index (κ1) is 12.0. The minimum Gasteiger partial charge on any atom is -0.481 e. The third-order valence-electron chi connectivity index (χ3n) is 2.56. The molecular formula is C12H15N5O. The summed E-state index contributed by atoms with van der Waals surface area (Å²) in [5.74, 6) is 1.17. The van der Waals surface area contributed by atoms with Gasteiger partial charge in [0.25, 0.3) is 0 Å². The van der Waals surface area contributed by atoms with Crippen molar-refractivity contribution in [2.75, 3.05) is 24.3 Å². The van der Waals surface area contributed by atoms with E-state index in [4.69, 9.17) is 21.9 Å². The minimum absolute atomic E-state index is 0.245. The highest BCUT2D eigenvalue weighted by molar-refractivity contribution is 5.64. The lowest BCUT2D eigenvalue weighted by molar-refractivity contribution is 0.396. The molecule has 0 bridgehead atoms. The van der Waals surface area contributed by atoms with Gasteiger partial charge in [-0.1, -0.05) is 6.07 Å². The van der Waals surface area contributed by atoms with Crippen molar-refractivity contribution in [1.29, 1.82) is 0 Å².